The first-order valence-corrected chi connectivity index (χ1v) is 10.7. The van der Waals surface area contributed by atoms with E-state index < -0.39 is 53.8 Å². The lowest BCUT2D eigenvalue weighted by Gasteiger charge is -2.25. The molecular weight excluding hydrogens is 426 g/mol. The summed E-state index contributed by atoms with van der Waals surface area (Å²) < 4.78 is 0. The van der Waals surface area contributed by atoms with Crippen molar-refractivity contribution in [2.75, 3.05) is 5.75 Å². The van der Waals surface area contributed by atoms with Crippen molar-refractivity contribution in [3.8, 4) is 0 Å². The largest absolute Gasteiger partial charge is 0.480 e. The van der Waals surface area contributed by atoms with E-state index in [0.717, 1.165) is 0 Å². The Labute approximate surface area is 187 Å². The van der Waals surface area contributed by atoms with Gasteiger partial charge in [-0.2, -0.15) is 12.6 Å². The second-order valence-electron chi connectivity index (χ2n) is 8.11. The third-order valence-corrected chi connectivity index (χ3v) is 4.79. The second-order valence-corrected chi connectivity index (χ2v) is 8.48. The highest BCUT2D eigenvalue weighted by molar-refractivity contribution is 7.80. The predicted octanol–water partition coefficient (Wildman–Crippen LogP) is -1.25. The Morgan fingerprint density at radius 2 is 1.42 bits per heavy atom. The van der Waals surface area contributed by atoms with E-state index in [9.17, 15) is 29.1 Å². The van der Waals surface area contributed by atoms with Crippen molar-refractivity contribution in [2.24, 2.45) is 23.3 Å². The van der Waals surface area contributed by atoms with Gasteiger partial charge in [-0.3, -0.25) is 19.2 Å². The van der Waals surface area contributed by atoms with Gasteiger partial charge >= 0.3 is 5.97 Å². The molecule has 0 aliphatic rings. The van der Waals surface area contributed by atoms with Crippen molar-refractivity contribution in [3.05, 3.63) is 0 Å². The van der Waals surface area contributed by atoms with Crippen LogP contribution in [0.15, 0.2) is 0 Å². The number of hydrogen-bond donors (Lipinski definition) is 7. The average Bonchev–Trinajstić information content (AvgIpc) is 2.65. The molecule has 4 atom stereocenters. The number of carboxylic acid groups (broad SMARTS) is 1. The molecule has 0 saturated carbocycles. The Balaban J connectivity index is 5.30. The van der Waals surface area contributed by atoms with Crippen molar-refractivity contribution in [2.45, 2.75) is 71.1 Å². The molecule has 0 aliphatic heterocycles. The molecule has 178 valence electrons. The van der Waals surface area contributed by atoms with Crippen LogP contribution in [0.1, 0.15) is 47.0 Å². The number of thiol groups is 1. The number of rotatable bonds is 14. The molecule has 0 radical (unpaired) electrons. The first kappa shape index (κ1) is 28.7. The van der Waals surface area contributed by atoms with Crippen LogP contribution in [0.2, 0.25) is 0 Å². The number of nitrogens with one attached hydrogen (secondary N) is 3. The maximum atomic E-state index is 12.7. The number of carbonyl (C=O) groups excluding carboxylic acids is 4. The fourth-order valence-electron chi connectivity index (χ4n) is 2.68. The molecule has 0 spiro atoms. The zero-order valence-corrected chi connectivity index (χ0v) is 19.3. The van der Waals surface area contributed by atoms with Gasteiger partial charge in [0.2, 0.25) is 23.6 Å². The lowest BCUT2D eigenvalue weighted by atomic mass is 10.0. The van der Waals surface area contributed by atoms with Crippen LogP contribution in [-0.2, 0) is 24.0 Å². The molecular formula is C19H35N5O6S. The van der Waals surface area contributed by atoms with Crippen LogP contribution in [0.3, 0.4) is 0 Å². The molecule has 8 N–H and O–H groups in total. The molecule has 0 aliphatic carbocycles. The van der Waals surface area contributed by atoms with Gasteiger partial charge < -0.3 is 32.5 Å². The van der Waals surface area contributed by atoms with E-state index in [1.54, 1.807) is 13.8 Å². The maximum Gasteiger partial charge on any atom is 0.326 e. The second kappa shape index (κ2) is 13.9. The molecule has 0 saturated heterocycles. The van der Waals surface area contributed by atoms with Gasteiger partial charge in [-0.25, -0.2) is 4.79 Å². The Morgan fingerprint density at radius 1 is 0.903 bits per heavy atom. The van der Waals surface area contributed by atoms with E-state index >= 15 is 0 Å². The van der Waals surface area contributed by atoms with Gasteiger partial charge in [0, 0.05) is 12.2 Å². The summed E-state index contributed by atoms with van der Waals surface area (Å²) in [5.41, 5.74) is 11.0. The minimum absolute atomic E-state index is 0.0913. The highest BCUT2D eigenvalue weighted by atomic mass is 32.1. The quantitative estimate of drug-likeness (QED) is 0.157. The van der Waals surface area contributed by atoms with Crippen LogP contribution in [-0.4, -0.2) is 64.6 Å². The first-order valence-electron chi connectivity index (χ1n) is 10.1. The molecule has 0 aromatic carbocycles. The number of aliphatic carboxylic acids is 1. The summed E-state index contributed by atoms with van der Waals surface area (Å²) in [7, 11) is 0. The van der Waals surface area contributed by atoms with Gasteiger partial charge in [0.1, 0.15) is 18.1 Å². The van der Waals surface area contributed by atoms with Crippen LogP contribution in [0.4, 0.5) is 0 Å². The molecule has 11 nitrogen and oxygen atoms in total. The standard InChI is InChI=1S/C19H35N5O6S/c1-9(2)7-11(20)16(26)22-12(5-6-14(21)25)17(27)23-13(8-31)18(28)24-15(10(3)4)19(29)30/h9-13,15,31H,5-8,20H2,1-4H3,(H2,21,25)(H,22,26)(H,23,27)(H,24,28)(H,29,30). The van der Waals surface area contributed by atoms with E-state index in [0.29, 0.717) is 6.42 Å². The SMILES string of the molecule is CC(C)CC(N)C(=O)NC(CCC(N)=O)C(=O)NC(CS)C(=O)NC(C(=O)O)C(C)C. The fraction of sp³-hybridized carbons (Fsp3) is 0.737. The van der Waals surface area contributed by atoms with Crippen molar-refractivity contribution < 1.29 is 29.1 Å². The smallest absolute Gasteiger partial charge is 0.326 e. The summed E-state index contributed by atoms with van der Waals surface area (Å²) >= 11 is 4.04. The summed E-state index contributed by atoms with van der Waals surface area (Å²) in [5, 5.41) is 16.5. The van der Waals surface area contributed by atoms with Gasteiger partial charge in [0.25, 0.3) is 0 Å². The van der Waals surface area contributed by atoms with E-state index in [4.69, 9.17) is 11.5 Å². The first-order chi connectivity index (χ1) is 14.3. The number of hydrogen-bond acceptors (Lipinski definition) is 7. The van der Waals surface area contributed by atoms with Crippen molar-refractivity contribution in [3.63, 3.8) is 0 Å². The molecule has 4 amide bonds. The van der Waals surface area contributed by atoms with Crippen LogP contribution < -0.4 is 27.4 Å². The Morgan fingerprint density at radius 3 is 1.84 bits per heavy atom. The topological polar surface area (TPSA) is 194 Å². The summed E-state index contributed by atoms with van der Waals surface area (Å²) in [6.07, 6.45) is 0.124. The van der Waals surface area contributed by atoms with Crippen LogP contribution in [0.5, 0.6) is 0 Å². The van der Waals surface area contributed by atoms with Crippen LogP contribution in [0, 0.1) is 11.8 Å². The van der Waals surface area contributed by atoms with E-state index in [1.165, 1.54) is 0 Å². The minimum atomic E-state index is -1.21. The van der Waals surface area contributed by atoms with Gasteiger partial charge in [-0.15, -0.1) is 0 Å². The zero-order valence-electron chi connectivity index (χ0n) is 18.4. The summed E-state index contributed by atoms with van der Waals surface area (Å²) in [6, 6.07) is -4.32. The van der Waals surface area contributed by atoms with Crippen molar-refractivity contribution in [1.29, 1.82) is 0 Å². The number of primary amides is 1. The van der Waals surface area contributed by atoms with Crippen LogP contribution in [0.25, 0.3) is 0 Å². The third-order valence-electron chi connectivity index (χ3n) is 4.42. The van der Waals surface area contributed by atoms with Crippen LogP contribution >= 0.6 is 12.6 Å². The molecule has 0 fully saturated rings. The lowest BCUT2D eigenvalue weighted by molar-refractivity contribution is -0.143. The van der Waals surface area contributed by atoms with E-state index in [1.807, 2.05) is 13.8 Å². The summed E-state index contributed by atoms with van der Waals surface area (Å²) in [6.45, 7) is 7.04. The molecule has 0 bridgehead atoms. The molecule has 0 aromatic rings. The zero-order chi connectivity index (χ0) is 24.3. The monoisotopic (exact) mass is 461 g/mol. The Hall–Kier alpha value is -2.34. The molecule has 0 heterocycles. The highest BCUT2D eigenvalue weighted by Crippen LogP contribution is 2.06. The lowest BCUT2D eigenvalue weighted by Crippen LogP contribution is -2.58. The summed E-state index contributed by atoms with van der Waals surface area (Å²) in [5.74, 6) is -4.28. The predicted molar refractivity (Wildman–Crippen MR) is 118 cm³/mol. The number of carboxylic acids is 1. The molecule has 0 aromatic heterocycles. The molecule has 12 heteroatoms. The van der Waals surface area contributed by atoms with E-state index in [-0.39, 0.29) is 30.4 Å². The Kier molecular flexibility index (Phi) is 12.8. The van der Waals surface area contributed by atoms with Crippen molar-refractivity contribution in [1.82, 2.24) is 16.0 Å². The van der Waals surface area contributed by atoms with Gasteiger partial charge in [-0.05, 0) is 24.7 Å². The molecule has 4 unspecified atom stereocenters. The summed E-state index contributed by atoms with van der Waals surface area (Å²) in [4.78, 5) is 59.9. The number of nitrogens with two attached hydrogens (primary N) is 2. The normalized spacial score (nSPS) is 15.0. The van der Waals surface area contributed by atoms with Gasteiger partial charge in [0.05, 0.1) is 6.04 Å². The number of carbonyl (C=O) groups is 5. The molecule has 31 heavy (non-hydrogen) atoms. The Bertz CT molecular complexity index is 658. The van der Waals surface area contributed by atoms with Gasteiger partial charge in [0.15, 0.2) is 0 Å². The van der Waals surface area contributed by atoms with Gasteiger partial charge in [-0.1, -0.05) is 27.7 Å². The molecule has 0 rings (SSSR count). The highest BCUT2D eigenvalue weighted by Gasteiger charge is 2.30. The minimum Gasteiger partial charge on any atom is -0.480 e. The third kappa shape index (κ3) is 11.0. The van der Waals surface area contributed by atoms with Crippen molar-refractivity contribution >= 4 is 42.2 Å². The van der Waals surface area contributed by atoms with E-state index in [2.05, 4.69) is 28.6 Å². The maximum absolute atomic E-state index is 12.7. The number of amides is 4. The fourth-order valence-corrected chi connectivity index (χ4v) is 2.94. The average molecular weight is 462 g/mol.